The van der Waals surface area contributed by atoms with Gasteiger partial charge in [-0.2, -0.15) is 0 Å². The van der Waals surface area contributed by atoms with Crippen molar-refractivity contribution < 1.29 is 4.74 Å². The number of likely N-dealkylation sites (N-methyl/N-ethyl adjacent to an activating group) is 1. The van der Waals surface area contributed by atoms with Gasteiger partial charge in [0, 0.05) is 12.6 Å². The monoisotopic (exact) mass is 275 g/mol. The minimum Gasteiger partial charge on any atom is -0.378 e. The first-order chi connectivity index (χ1) is 9.70. The van der Waals surface area contributed by atoms with E-state index in [1.807, 2.05) is 0 Å². The first-order valence-electron chi connectivity index (χ1n) is 8.10. The number of hydrogen-bond acceptors (Lipinski definition) is 2. The van der Waals surface area contributed by atoms with Gasteiger partial charge in [0.05, 0.1) is 6.10 Å². The quantitative estimate of drug-likeness (QED) is 0.817. The maximum Gasteiger partial charge on any atom is 0.0576 e. The predicted molar refractivity (Wildman–Crippen MR) is 85.3 cm³/mol. The van der Waals surface area contributed by atoms with Crippen LogP contribution in [0.5, 0.6) is 0 Å². The molecule has 1 aromatic carbocycles. The highest BCUT2D eigenvalue weighted by Gasteiger charge is 2.18. The number of benzene rings is 1. The van der Waals surface area contributed by atoms with Gasteiger partial charge in [0.1, 0.15) is 0 Å². The van der Waals surface area contributed by atoms with Gasteiger partial charge in [-0.15, -0.1) is 0 Å². The highest BCUT2D eigenvalue weighted by Crippen LogP contribution is 2.21. The zero-order valence-electron chi connectivity index (χ0n) is 13.2. The lowest BCUT2D eigenvalue weighted by atomic mass is 9.93. The Morgan fingerprint density at radius 1 is 1.30 bits per heavy atom. The van der Waals surface area contributed by atoms with Gasteiger partial charge >= 0.3 is 0 Å². The molecule has 2 unspecified atom stereocenters. The van der Waals surface area contributed by atoms with Crippen molar-refractivity contribution >= 4 is 0 Å². The van der Waals surface area contributed by atoms with E-state index in [1.54, 1.807) is 0 Å². The van der Waals surface area contributed by atoms with Crippen LogP contribution in [-0.2, 0) is 11.2 Å². The number of aryl methyl sites for hydroxylation is 2. The van der Waals surface area contributed by atoms with E-state index in [1.165, 1.54) is 42.4 Å². The summed E-state index contributed by atoms with van der Waals surface area (Å²) < 4.78 is 5.75. The third kappa shape index (κ3) is 4.32. The van der Waals surface area contributed by atoms with E-state index in [-0.39, 0.29) is 0 Å². The molecule has 1 fully saturated rings. The highest BCUT2D eigenvalue weighted by atomic mass is 16.5. The Morgan fingerprint density at radius 3 is 2.65 bits per heavy atom. The van der Waals surface area contributed by atoms with Crippen LogP contribution >= 0.6 is 0 Å². The fourth-order valence-corrected chi connectivity index (χ4v) is 3.24. The van der Waals surface area contributed by atoms with Crippen LogP contribution in [-0.4, -0.2) is 25.3 Å². The summed E-state index contributed by atoms with van der Waals surface area (Å²) in [6.07, 6.45) is 6.55. The van der Waals surface area contributed by atoms with E-state index in [2.05, 4.69) is 44.3 Å². The maximum atomic E-state index is 5.75. The molecule has 112 valence electrons. The lowest BCUT2D eigenvalue weighted by molar-refractivity contribution is 0.0996. The van der Waals surface area contributed by atoms with Crippen LogP contribution in [0.1, 0.15) is 49.3 Å². The van der Waals surface area contributed by atoms with Crippen molar-refractivity contribution in [2.24, 2.45) is 0 Å². The number of nitrogens with one attached hydrogen (secondary N) is 1. The Kier molecular flexibility index (Phi) is 6.06. The van der Waals surface area contributed by atoms with Crippen LogP contribution in [0.4, 0.5) is 0 Å². The Bertz CT molecular complexity index is 390. The Balaban J connectivity index is 1.93. The summed E-state index contributed by atoms with van der Waals surface area (Å²) in [7, 11) is 0. The molecule has 0 aliphatic carbocycles. The van der Waals surface area contributed by atoms with Crippen molar-refractivity contribution in [1.82, 2.24) is 5.32 Å². The third-order valence-corrected chi connectivity index (χ3v) is 4.45. The Morgan fingerprint density at radius 2 is 2.05 bits per heavy atom. The highest BCUT2D eigenvalue weighted by molar-refractivity contribution is 5.34. The van der Waals surface area contributed by atoms with E-state index in [0.29, 0.717) is 12.1 Å². The average Bonchev–Trinajstić information content (AvgIpc) is 2.93. The first-order valence-corrected chi connectivity index (χ1v) is 8.10. The van der Waals surface area contributed by atoms with Crippen LogP contribution in [0.25, 0.3) is 0 Å². The first kappa shape index (κ1) is 15.5. The van der Waals surface area contributed by atoms with Crippen molar-refractivity contribution in [3.8, 4) is 0 Å². The lowest BCUT2D eigenvalue weighted by Crippen LogP contribution is -2.32. The van der Waals surface area contributed by atoms with E-state index < -0.39 is 0 Å². The minimum atomic E-state index is 0.508. The Hall–Kier alpha value is -0.860. The van der Waals surface area contributed by atoms with E-state index in [4.69, 9.17) is 4.74 Å². The van der Waals surface area contributed by atoms with Crippen LogP contribution in [0.2, 0.25) is 0 Å². The molecule has 0 spiro atoms. The van der Waals surface area contributed by atoms with Gasteiger partial charge in [0.2, 0.25) is 0 Å². The molecular formula is C18H29NO. The van der Waals surface area contributed by atoms with Crippen molar-refractivity contribution in [3.05, 3.63) is 34.9 Å². The van der Waals surface area contributed by atoms with Gasteiger partial charge in [-0.05, 0) is 69.2 Å². The molecule has 1 saturated heterocycles. The summed E-state index contributed by atoms with van der Waals surface area (Å²) in [5.74, 6) is 0. The van der Waals surface area contributed by atoms with Crippen LogP contribution < -0.4 is 5.32 Å². The van der Waals surface area contributed by atoms with Crippen molar-refractivity contribution in [2.45, 2.75) is 65.0 Å². The van der Waals surface area contributed by atoms with E-state index in [9.17, 15) is 0 Å². The summed E-state index contributed by atoms with van der Waals surface area (Å²) in [6, 6.07) is 7.18. The molecule has 2 heteroatoms. The molecule has 1 aliphatic heterocycles. The molecule has 0 saturated carbocycles. The van der Waals surface area contributed by atoms with Gasteiger partial charge in [-0.3, -0.25) is 0 Å². The lowest BCUT2D eigenvalue weighted by Gasteiger charge is -2.22. The van der Waals surface area contributed by atoms with Crippen LogP contribution in [0.15, 0.2) is 18.2 Å². The number of ether oxygens (including phenoxy) is 1. The standard InChI is InChI=1S/C18H29NO/c1-4-19-16(10-11-17-9-6-12-20-17)13-18-14(2)7-5-8-15(18)3/h5,7-8,16-17,19H,4,6,9-13H2,1-3H3. The average molecular weight is 275 g/mol. The number of hydrogen-bond donors (Lipinski definition) is 1. The van der Waals surface area contributed by atoms with Gasteiger partial charge in [0.25, 0.3) is 0 Å². The third-order valence-electron chi connectivity index (χ3n) is 4.45. The SMILES string of the molecule is CCNC(CCC1CCCO1)Cc1c(C)cccc1C. The largest absolute Gasteiger partial charge is 0.378 e. The molecule has 20 heavy (non-hydrogen) atoms. The van der Waals surface area contributed by atoms with E-state index in [0.717, 1.165) is 19.6 Å². The molecule has 1 N–H and O–H groups in total. The molecule has 2 atom stereocenters. The predicted octanol–water partition coefficient (Wildman–Crippen LogP) is 3.78. The minimum absolute atomic E-state index is 0.508. The Labute approximate surface area is 123 Å². The van der Waals surface area contributed by atoms with Crippen molar-refractivity contribution in [3.63, 3.8) is 0 Å². The molecule has 2 nitrogen and oxygen atoms in total. The molecule has 0 amide bonds. The fourth-order valence-electron chi connectivity index (χ4n) is 3.24. The van der Waals surface area contributed by atoms with Crippen LogP contribution in [0, 0.1) is 13.8 Å². The van der Waals surface area contributed by atoms with Gasteiger partial charge in [-0.25, -0.2) is 0 Å². The maximum absolute atomic E-state index is 5.75. The van der Waals surface area contributed by atoms with Gasteiger partial charge in [0.15, 0.2) is 0 Å². The van der Waals surface area contributed by atoms with Crippen molar-refractivity contribution in [1.29, 1.82) is 0 Å². The molecule has 0 radical (unpaired) electrons. The zero-order valence-corrected chi connectivity index (χ0v) is 13.2. The second kappa shape index (κ2) is 7.80. The fraction of sp³-hybridized carbons (Fsp3) is 0.667. The van der Waals surface area contributed by atoms with Gasteiger partial charge in [-0.1, -0.05) is 25.1 Å². The number of rotatable bonds is 7. The molecule has 1 aliphatic rings. The summed E-state index contributed by atoms with van der Waals surface area (Å²) in [4.78, 5) is 0. The summed E-state index contributed by atoms with van der Waals surface area (Å²) in [6.45, 7) is 8.66. The molecule has 0 bridgehead atoms. The zero-order chi connectivity index (χ0) is 14.4. The smallest absolute Gasteiger partial charge is 0.0576 e. The normalized spacial score (nSPS) is 20.2. The molecule has 0 aromatic heterocycles. The molecule has 1 aromatic rings. The summed E-state index contributed by atoms with van der Waals surface area (Å²) >= 11 is 0. The second-order valence-electron chi connectivity index (χ2n) is 6.04. The van der Waals surface area contributed by atoms with Crippen molar-refractivity contribution in [2.75, 3.05) is 13.2 Å². The van der Waals surface area contributed by atoms with E-state index >= 15 is 0 Å². The van der Waals surface area contributed by atoms with Gasteiger partial charge < -0.3 is 10.1 Å². The summed E-state index contributed by atoms with van der Waals surface area (Å²) in [5, 5.41) is 3.65. The molecule has 2 rings (SSSR count). The van der Waals surface area contributed by atoms with Crippen LogP contribution in [0.3, 0.4) is 0 Å². The topological polar surface area (TPSA) is 21.3 Å². The summed E-state index contributed by atoms with van der Waals surface area (Å²) in [5.41, 5.74) is 4.36. The molecule has 1 heterocycles. The molecular weight excluding hydrogens is 246 g/mol. The second-order valence-corrected chi connectivity index (χ2v) is 6.04.